The number of aromatic nitrogens is 4. The van der Waals surface area contributed by atoms with Gasteiger partial charge in [-0.1, -0.05) is 62.4 Å². The van der Waals surface area contributed by atoms with E-state index in [0.717, 1.165) is 74.7 Å². The first kappa shape index (κ1) is 26.5. The molecule has 1 aliphatic heterocycles. The second-order valence-corrected chi connectivity index (χ2v) is 10.9. The molecule has 0 bridgehead atoms. The maximum atomic E-state index is 9.96. The van der Waals surface area contributed by atoms with E-state index < -0.39 is 0 Å². The first-order valence-corrected chi connectivity index (χ1v) is 14.4. The maximum Gasteiger partial charge on any atom is 0.191 e. The Bertz CT molecular complexity index is 1350. The molecule has 4 aromatic rings. The smallest absolute Gasteiger partial charge is 0.191 e. The van der Waals surface area contributed by atoms with Crippen LogP contribution in [0, 0.1) is 0 Å². The summed E-state index contributed by atoms with van der Waals surface area (Å²) in [5.74, 6) is 2.07. The molecule has 1 atom stereocenters. The number of morpholine rings is 1. The molecule has 0 aliphatic carbocycles. The molecule has 2 aromatic heterocycles. The predicted molar refractivity (Wildman–Crippen MR) is 154 cm³/mol. The third-order valence-corrected chi connectivity index (χ3v) is 7.66. The zero-order chi connectivity index (χ0) is 26.3. The Morgan fingerprint density at radius 1 is 1.11 bits per heavy atom. The minimum Gasteiger partial charge on any atom is -0.508 e. The maximum absolute atomic E-state index is 9.96. The third kappa shape index (κ3) is 6.64. The van der Waals surface area contributed by atoms with Crippen molar-refractivity contribution in [3.8, 4) is 5.75 Å². The fourth-order valence-corrected chi connectivity index (χ4v) is 5.59. The quantitative estimate of drug-likeness (QED) is 0.195. The van der Waals surface area contributed by atoms with Gasteiger partial charge in [-0.3, -0.25) is 4.90 Å². The van der Waals surface area contributed by atoms with E-state index in [1.54, 1.807) is 23.9 Å². The van der Waals surface area contributed by atoms with E-state index >= 15 is 0 Å². The van der Waals surface area contributed by atoms with Crippen molar-refractivity contribution in [2.24, 2.45) is 0 Å². The number of aryl methyl sites for hydroxylation is 1. The number of benzene rings is 2. The van der Waals surface area contributed by atoms with Gasteiger partial charge in [-0.2, -0.15) is 5.10 Å². The van der Waals surface area contributed by atoms with Gasteiger partial charge in [-0.25, -0.2) is 14.6 Å². The van der Waals surface area contributed by atoms with Crippen LogP contribution in [0.3, 0.4) is 0 Å². The molecule has 9 heteroatoms. The van der Waals surface area contributed by atoms with E-state index in [4.69, 9.17) is 19.8 Å². The number of anilines is 2. The molecule has 38 heavy (non-hydrogen) atoms. The van der Waals surface area contributed by atoms with E-state index in [1.807, 2.05) is 23.0 Å². The average Bonchev–Trinajstić information content (AvgIpc) is 3.32. The molecule has 3 heterocycles. The minimum atomic E-state index is 0.204. The molecule has 5 rings (SSSR count). The van der Waals surface area contributed by atoms with Gasteiger partial charge in [0.15, 0.2) is 10.8 Å². The molecule has 1 unspecified atom stereocenters. The summed E-state index contributed by atoms with van der Waals surface area (Å²) in [7, 11) is 0. The van der Waals surface area contributed by atoms with Gasteiger partial charge in [0, 0.05) is 49.6 Å². The van der Waals surface area contributed by atoms with Crippen LogP contribution in [0.4, 0.5) is 11.5 Å². The van der Waals surface area contributed by atoms with Crippen LogP contribution in [0.1, 0.15) is 37.3 Å². The van der Waals surface area contributed by atoms with Crippen LogP contribution in [-0.2, 0) is 17.7 Å². The van der Waals surface area contributed by atoms with Crippen molar-refractivity contribution in [1.82, 2.24) is 24.6 Å². The third-order valence-electron chi connectivity index (χ3n) is 6.83. The average molecular weight is 533 g/mol. The number of rotatable bonds is 11. The van der Waals surface area contributed by atoms with Crippen LogP contribution in [0.15, 0.2) is 59.9 Å². The van der Waals surface area contributed by atoms with Crippen LogP contribution in [0.25, 0.3) is 11.0 Å². The first-order chi connectivity index (χ1) is 18.6. The summed E-state index contributed by atoms with van der Waals surface area (Å²) in [5, 5.41) is 19.6. The largest absolute Gasteiger partial charge is 0.508 e. The van der Waals surface area contributed by atoms with Crippen molar-refractivity contribution < 1.29 is 9.84 Å². The summed E-state index contributed by atoms with van der Waals surface area (Å²) in [5.41, 5.74) is 4.27. The van der Waals surface area contributed by atoms with Gasteiger partial charge in [0.2, 0.25) is 0 Å². The zero-order valence-electron chi connectivity index (χ0n) is 22.1. The van der Waals surface area contributed by atoms with Gasteiger partial charge in [0.05, 0.1) is 24.8 Å². The first-order valence-electron chi connectivity index (χ1n) is 13.4. The number of hydrogen-bond acceptors (Lipinski definition) is 8. The second kappa shape index (κ2) is 12.6. The van der Waals surface area contributed by atoms with Crippen molar-refractivity contribution in [3.05, 3.63) is 65.9 Å². The van der Waals surface area contributed by atoms with Crippen molar-refractivity contribution in [1.29, 1.82) is 0 Å². The minimum absolute atomic E-state index is 0.204. The molecule has 0 radical (unpaired) electrons. The molecule has 0 saturated carbocycles. The van der Waals surface area contributed by atoms with Crippen molar-refractivity contribution >= 4 is 34.3 Å². The molecular weight excluding hydrogens is 496 g/mol. The molecule has 0 spiro atoms. The Balaban J connectivity index is 1.40. The Morgan fingerprint density at radius 3 is 2.76 bits per heavy atom. The van der Waals surface area contributed by atoms with Gasteiger partial charge < -0.3 is 15.2 Å². The predicted octanol–water partition coefficient (Wildman–Crippen LogP) is 5.46. The Hall–Kier alpha value is -3.14. The van der Waals surface area contributed by atoms with Crippen molar-refractivity contribution in [3.63, 3.8) is 0 Å². The highest BCUT2D eigenvalue weighted by molar-refractivity contribution is 7.99. The fraction of sp³-hybridized carbons (Fsp3) is 0.414. The number of nitrogens with zero attached hydrogens (tertiary/aromatic N) is 5. The molecule has 2 N–H and O–H groups in total. The zero-order valence-corrected chi connectivity index (χ0v) is 23.0. The molecule has 1 aliphatic rings. The molecule has 1 fully saturated rings. The number of thioether (sulfide) groups is 1. The van der Waals surface area contributed by atoms with Crippen molar-refractivity contribution in [2.45, 2.75) is 44.3 Å². The number of nitrogens with one attached hydrogen (secondary N) is 1. The van der Waals surface area contributed by atoms with Gasteiger partial charge in [0.25, 0.3) is 0 Å². The molecule has 1 saturated heterocycles. The van der Waals surface area contributed by atoms with Gasteiger partial charge in [-0.05, 0) is 29.7 Å². The Morgan fingerprint density at radius 2 is 1.95 bits per heavy atom. The number of fused-ring (bicyclic) bond motifs is 1. The fourth-order valence-electron chi connectivity index (χ4n) is 4.75. The SMILES string of the molecule is CCCc1cccc(C(C)Cn2ncc3c(Nc4cccc(O)c4)nc(SCCN4CCOCC4)nc32)c1. The van der Waals surface area contributed by atoms with E-state index in [0.29, 0.717) is 11.0 Å². The summed E-state index contributed by atoms with van der Waals surface area (Å²) in [4.78, 5) is 12.2. The van der Waals surface area contributed by atoms with Gasteiger partial charge in [0.1, 0.15) is 11.6 Å². The van der Waals surface area contributed by atoms with E-state index in [9.17, 15) is 5.11 Å². The van der Waals surface area contributed by atoms with Crippen LogP contribution in [-0.4, -0.2) is 68.4 Å². The number of ether oxygens (including phenoxy) is 1. The van der Waals surface area contributed by atoms with Crippen LogP contribution >= 0.6 is 11.8 Å². The summed E-state index contributed by atoms with van der Waals surface area (Å²) in [6.07, 6.45) is 4.07. The van der Waals surface area contributed by atoms with E-state index in [-0.39, 0.29) is 11.7 Å². The lowest BCUT2D eigenvalue weighted by Gasteiger charge is -2.26. The lowest BCUT2D eigenvalue weighted by atomic mass is 9.97. The number of phenolic OH excluding ortho intramolecular Hbond substituents is 1. The van der Waals surface area contributed by atoms with Gasteiger partial charge >= 0.3 is 0 Å². The number of hydrogen-bond donors (Lipinski definition) is 2. The van der Waals surface area contributed by atoms with Crippen LogP contribution in [0.2, 0.25) is 0 Å². The molecular formula is C29H36N6O2S. The second-order valence-electron chi connectivity index (χ2n) is 9.79. The highest BCUT2D eigenvalue weighted by Crippen LogP contribution is 2.29. The standard InChI is InChI=1S/C29H36N6O2S/c1-3-6-22-7-4-8-23(17-22)21(2)20-35-28-26(19-30-35)27(31-24-9-5-10-25(36)18-24)32-29(33-28)38-16-13-34-11-14-37-15-12-34/h4-5,7-10,17-19,21,36H,3,6,11-16,20H2,1-2H3,(H,31,32,33). The summed E-state index contributed by atoms with van der Waals surface area (Å²) >= 11 is 1.66. The lowest BCUT2D eigenvalue weighted by molar-refractivity contribution is 0.0410. The monoisotopic (exact) mass is 532 g/mol. The Kier molecular flexibility index (Phi) is 8.78. The topological polar surface area (TPSA) is 88.3 Å². The highest BCUT2D eigenvalue weighted by atomic mass is 32.2. The molecule has 0 amide bonds. The lowest BCUT2D eigenvalue weighted by Crippen LogP contribution is -2.37. The van der Waals surface area contributed by atoms with E-state index in [1.165, 1.54) is 11.1 Å². The summed E-state index contributed by atoms with van der Waals surface area (Å²) in [6, 6.07) is 15.9. The normalized spacial score (nSPS) is 15.1. The summed E-state index contributed by atoms with van der Waals surface area (Å²) < 4.78 is 7.46. The van der Waals surface area contributed by atoms with Crippen LogP contribution in [0.5, 0.6) is 5.75 Å². The van der Waals surface area contributed by atoms with E-state index in [2.05, 4.69) is 48.3 Å². The molecule has 200 valence electrons. The summed E-state index contributed by atoms with van der Waals surface area (Å²) in [6.45, 7) is 9.67. The molecule has 2 aromatic carbocycles. The number of aromatic hydroxyl groups is 1. The van der Waals surface area contributed by atoms with Crippen molar-refractivity contribution in [2.75, 3.05) is 43.9 Å². The Labute approximate surface area is 228 Å². The van der Waals surface area contributed by atoms with Gasteiger partial charge in [-0.15, -0.1) is 0 Å². The number of phenols is 1. The van der Waals surface area contributed by atoms with Crippen LogP contribution < -0.4 is 5.32 Å². The molecule has 8 nitrogen and oxygen atoms in total. The highest BCUT2D eigenvalue weighted by Gasteiger charge is 2.17.